The van der Waals surface area contributed by atoms with Gasteiger partial charge in [0.2, 0.25) is 0 Å². The topological polar surface area (TPSA) is 91.6 Å². The van der Waals surface area contributed by atoms with E-state index in [1.807, 2.05) is 0 Å². The van der Waals surface area contributed by atoms with Crippen LogP contribution in [0.5, 0.6) is 17.2 Å². The Kier molecular flexibility index (Phi) is 5.62. The van der Waals surface area contributed by atoms with Gasteiger partial charge in [0.25, 0.3) is 10.0 Å². The van der Waals surface area contributed by atoms with Crippen LogP contribution in [0, 0.1) is 0 Å². The molecular formula is C22H20ClN3O5S. The van der Waals surface area contributed by atoms with Crippen molar-refractivity contribution in [2.75, 3.05) is 11.8 Å². The van der Waals surface area contributed by atoms with Crippen molar-refractivity contribution in [3.05, 3.63) is 76.2 Å². The third-order valence-corrected chi connectivity index (χ3v) is 6.61. The van der Waals surface area contributed by atoms with Crippen LogP contribution in [0.4, 0.5) is 5.69 Å². The van der Waals surface area contributed by atoms with Gasteiger partial charge in [-0.1, -0.05) is 17.7 Å². The lowest BCUT2D eigenvalue weighted by atomic mass is 10.2. The number of hydrogen-bond acceptors (Lipinski definition) is 5. The van der Waals surface area contributed by atoms with Crippen LogP contribution in [-0.2, 0) is 24.1 Å². The molecule has 0 atom stereocenters. The van der Waals surface area contributed by atoms with E-state index in [1.165, 1.54) is 21.3 Å². The Labute approximate surface area is 189 Å². The summed E-state index contributed by atoms with van der Waals surface area (Å²) >= 11 is 5.97. The summed E-state index contributed by atoms with van der Waals surface area (Å²) in [7, 11) is 0.835. The van der Waals surface area contributed by atoms with E-state index in [4.69, 9.17) is 21.1 Å². The summed E-state index contributed by atoms with van der Waals surface area (Å²) in [5.74, 6) is 1.35. The fraction of sp³-hybridized carbons (Fsp3) is 0.136. The van der Waals surface area contributed by atoms with Crippen molar-refractivity contribution in [2.45, 2.75) is 4.90 Å². The first kappa shape index (κ1) is 21.8. The fourth-order valence-corrected chi connectivity index (χ4v) is 4.66. The molecule has 0 aliphatic rings. The zero-order chi connectivity index (χ0) is 23.0. The molecule has 0 fully saturated rings. The Bertz CT molecular complexity index is 1470. The van der Waals surface area contributed by atoms with E-state index < -0.39 is 10.0 Å². The third-order valence-electron chi connectivity index (χ3n) is 5.01. The van der Waals surface area contributed by atoms with Crippen molar-refractivity contribution in [3.63, 3.8) is 0 Å². The molecule has 0 radical (unpaired) electrons. The molecular weight excluding hydrogens is 454 g/mol. The number of aromatic nitrogens is 2. The van der Waals surface area contributed by atoms with Gasteiger partial charge in [0.1, 0.15) is 11.5 Å². The Morgan fingerprint density at radius 2 is 1.53 bits per heavy atom. The van der Waals surface area contributed by atoms with Gasteiger partial charge in [-0.2, -0.15) is 0 Å². The molecule has 4 aromatic rings. The lowest BCUT2D eigenvalue weighted by molar-refractivity contribution is 0.413. The molecule has 1 heterocycles. The molecule has 0 spiro atoms. The number of fused-ring (bicyclic) bond motifs is 1. The zero-order valence-corrected chi connectivity index (χ0v) is 19.1. The highest BCUT2D eigenvalue weighted by atomic mass is 35.5. The Balaban J connectivity index is 1.84. The molecule has 0 saturated heterocycles. The maximum Gasteiger partial charge on any atom is 0.328 e. The van der Waals surface area contributed by atoms with Crippen molar-refractivity contribution >= 4 is 38.3 Å². The third kappa shape index (κ3) is 4.04. The number of benzene rings is 3. The first-order valence-corrected chi connectivity index (χ1v) is 11.4. The van der Waals surface area contributed by atoms with E-state index in [0.717, 1.165) is 0 Å². The van der Waals surface area contributed by atoms with Gasteiger partial charge in [-0.05, 0) is 48.5 Å². The van der Waals surface area contributed by atoms with Crippen LogP contribution in [0.15, 0.2) is 70.4 Å². The van der Waals surface area contributed by atoms with Crippen molar-refractivity contribution in [1.82, 2.24) is 9.13 Å². The average Bonchev–Trinajstić information content (AvgIpc) is 2.98. The van der Waals surface area contributed by atoms with Gasteiger partial charge in [0.05, 0.1) is 28.7 Å². The van der Waals surface area contributed by atoms with Crippen LogP contribution < -0.4 is 19.9 Å². The maximum atomic E-state index is 13.0. The minimum Gasteiger partial charge on any atom is -0.497 e. The summed E-state index contributed by atoms with van der Waals surface area (Å²) in [4.78, 5) is 12.4. The van der Waals surface area contributed by atoms with Crippen molar-refractivity contribution < 1.29 is 17.9 Å². The molecule has 1 aromatic heterocycles. The second-order valence-corrected chi connectivity index (χ2v) is 9.20. The molecule has 0 bridgehead atoms. The van der Waals surface area contributed by atoms with Gasteiger partial charge in [-0.25, -0.2) is 13.2 Å². The summed E-state index contributed by atoms with van der Waals surface area (Å²) in [5.41, 5.74) is 1.06. The molecule has 0 unspecified atom stereocenters. The highest BCUT2D eigenvalue weighted by molar-refractivity contribution is 7.92. The number of imidazole rings is 1. The number of methoxy groups -OCH3 is 1. The molecule has 32 heavy (non-hydrogen) atoms. The molecule has 1 N–H and O–H groups in total. The second-order valence-electron chi connectivity index (χ2n) is 7.08. The molecule has 166 valence electrons. The van der Waals surface area contributed by atoms with Crippen LogP contribution in [0.2, 0.25) is 5.02 Å². The molecule has 0 aliphatic carbocycles. The molecule has 4 rings (SSSR count). The molecule has 10 heteroatoms. The lowest BCUT2D eigenvalue weighted by Gasteiger charge is -2.15. The van der Waals surface area contributed by atoms with Crippen molar-refractivity contribution in [3.8, 4) is 17.2 Å². The number of nitrogens with one attached hydrogen (secondary N) is 1. The quantitative estimate of drug-likeness (QED) is 0.454. The van der Waals surface area contributed by atoms with Crippen LogP contribution in [0.1, 0.15) is 0 Å². The molecule has 0 amide bonds. The van der Waals surface area contributed by atoms with E-state index in [0.29, 0.717) is 27.6 Å². The van der Waals surface area contributed by atoms with E-state index in [2.05, 4.69) is 4.72 Å². The van der Waals surface area contributed by atoms with E-state index in [-0.39, 0.29) is 22.0 Å². The summed E-state index contributed by atoms with van der Waals surface area (Å²) < 4.78 is 42.6. The number of halogens is 1. The number of nitrogens with zero attached hydrogens (tertiary/aromatic N) is 2. The minimum atomic E-state index is -3.97. The van der Waals surface area contributed by atoms with Crippen LogP contribution in [-0.4, -0.2) is 24.7 Å². The van der Waals surface area contributed by atoms with Gasteiger partial charge in [-0.15, -0.1) is 0 Å². The Hall–Kier alpha value is -3.43. The van der Waals surface area contributed by atoms with Gasteiger partial charge in [0.15, 0.2) is 5.75 Å². The average molecular weight is 474 g/mol. The highest BCUT2D eigenvalue weighted by Gasteiger charge is 2.20. The molecule has 0 aliphatic heterocycles. The minimum absolute atomic E-state index is 0.00226. The van der Waals surface area contributed by atoms with E-state index in [1.54, 1.807) is 69.7 Å². The van der Waals surface area contributed by atoms with E-state index in [9.17, 15) is 13.2 Å². The second kappa shape index (κ2) is 8.25. The molecule has 3 aromatic carbocycles. The van der Waals surface area contributed by atoms with Crippen LogP contribution in [0.3, 0.4) is 0 Å². The number of sulfonamides is 1. The first-order valence-electron chi connectivity index (χ1n) is 9.49. The van der Waals surface area contributed by atoms with Crippen molar-refractivity contribution in [1.29, 1.82) is 0 Å². The summed E-state index contributed by atoms with van der Waals surface area (Å²) in [6.07, 6.45) is 0. The first-order chi connectivity index (χ1) is 15.2. The largest absolute Gasteiger partial charge is 0.497 e. The van der Waals surface area contributed by atoms with Gasteiger partial charge in [-0.3, -0.25) is 13.9 Å². The summed E-state index contributed by atoms with van der Waals surface area (Å²) in [5, 5.41) is 0.295. The predicted octanol–water partition coefficient (Wildman–Crippen LogP) is 4.13. The predicted molar refractivity (Wildman–Crippen MR) is 123 cm³/mol. The van der Waals surface area contributed by atoms with Crippen LogP contribution in [0.25, 0.3) is 11.0 Å². The molecule has 8 nitrogen and oxygen atoms in total. The standard InChI is InChI=1S/C22H20ClN3O5S/c1-25-19-12-18(24-32(28,29)17-6-4-5-14(23)11-17)21(13-20(19)26(2)22(25)27)31-16-9-7-15(30-3)8-10-16/h4-13,24H,1-3H3. The van der Waals surface area contributed by atoms with Gasteiger partial charge < -0.3 is 9.47 Å². The lowest BCUT2D eigenvalue weighted by Crippen LogP contribution is -2.19. The SMILES string of the molecule is COc1ccc(Oc2cc3c(cc2NS(=O)(=O)c2cccc(Cl)c2)n(C)c(=O)n3C)cc1. The Morgan fingerprint density at radius 1 is 0.906 bits per heavy atom. The highest BCUT2D eigenvalue weighted by Crippen LogP contribution is 2.35. The normalized spacial score (nSPS) is 11.5. The Morgan fingerprint density at radius 3 is 2.16 bits per heavy atom. The number of aryl methyl sites for hydroxylation is 2. The number of rotatable bonds is 6. The smallest absolute Gasteiger partial charge is 0.328 e. The number of hydrogen-bond donors (Lipinski definition) is 1. The molecule has 0 saturated carbocycles. The fourth-order valence-electron chi connectivity index (χ4n) is 3.30. The summed E-state index contributed by atoms with van der Waals surface area (Å²) in [6.45, 7) is 0. The van der Waals surface area contributed by atoms with E-state index >= 15 is 0 Å². The summed E-state index contributed by atoms with van der Waals surface area (Å²) in [6, 6.07) is 16.0. The van der Waals surface area contributed by atoms with Crippen molar-refractivity contribution in [2.24, 2.45) is 14.1 Å². The van der Waals surface area contributed by atoms with Gasteiger partial charge in [0, 0.05) is 25.2 Å². The van der Waals surface area contributed by atoms with Gasteiger partial charge >= 0.3 is 5.69 Å². The van der Waals surface area contributed by atoms with Crippen LogP contribution >= 0.6 is 11.6 Å². The number of ether oxygens (including phenoxy) is 2. The maximum absolute atomic E-state index is 13.0. The number of anilines is 1. The monoisotopic (exact) mass is 473 g/mol. The zero-order valence-electron chi connectivity index (χ0n) is 17.5.